The molecule has 52 valence electrons. The SMILES string of the molecule is CN[C@H]1CC=CC[C@@H]1C. The van der Waals surface area contributed by atoms with Crippen molar-refractivity contribution in [1.29, 1.82) is 0 Å². The van der Waals surface area contributed by atoms with Crippen molar-refractivity contribution in [3.8, 4) is 0 Å². The lowest BCUT2D eigenvalue weighted by Gasteiger charge is -2.24. The Hall–Kier alpha value is -0.300. The fraction of sp³-hybridized carbons (Fsp3) is 0.750. The standard InChI is InChI=1S/C8H15N/c1-7-5-3-4-6-8(7)9-2/h3-4,7-9H,5-6H2,1-2H3/t7-,8-/m0/s1. The van der Waals surface area contributed by atoms with E-state index in [2.05, 4.69) is 24.4 Å². The minimum absolute atomic E-state index is 0.718. The van der Waals surface area contributed by atoms with Gasteiger partial charge in [-0.15, -0.1) is 0 Å². The van der Waals surface area contributed by atoms with Crippen molar-refractivity contribution in [3.63, 3.8) is 0 Å². The first-order valence-electron chi connectivity index (χ1n) is 3.67. The van der Waals surface area contributed by atoms with E-state index in [4.69, 9.17) is 0 Å². The van der Waals surface area contributed by atoms with Crippen molar-refractivity contribution in [3.05, 3.63) is 12.2 Å². The summed E-state index contributed by atoms with van der Waals surface area (Å²) in [6.45, 7) is 2.30. The molecule has 0 amide bonds. The van der Waals surface area contributed by atoms with E-state index in [0.717, 1.165) is 12.0 Å². The first kappa shape index (κ1) is 6.81. The van der Waals surface area contributed by atoms with Crippen molar-refractivity contribution in [2.45, 2.75) is 25.8 Å². The number of rotatable bonds is 1. The minimum Gasteiger partial charge on any atom is -0.316 e. The molecule has 9 heavy (non-hydrogen) atoms. The molecule has 0 heterocycles. The van der Waals surface area contributed by atoms with Crippen LogP contribution in [0.5, 0.6) is 0 Å². The Morgan fingerprint density at radius 1 is 1.33 bits per heavy atom. The maximum atomic E-state index is 3.30. The third kappa shape index (κ3) is 1.55. The van der Waals surface area contributed by atoms with Crippen LogP contribution >= 0.6 is 0 Å². The monoisotopic (exact) mass is 125 g/mol. The van der Waals surface area contributed by atoms with Gasteiger partial charge in [0, 0.05) is 6.04 Å². The first-order chi connectivity index (χ1) is 4.34. The van der Waals surface area contributed by atoms with Crippen LogP contribution in [0.1, 0.15) is 19.8 Å². The zero-order valence-electron chi connectivity index (χ0n) is 6.22. The molecule has 0 fully saturated rings. The zero-order valence-corrected chi connectivity index (χ0v) is 6.22. The number of allylic oxidation sites excluding steroid dienone is 1. The minimum atomic E-state index is 0.718. The van der Waals surface area contributed by atoms with Crippen LogP contribution in [0.4, 0.5) is 0 Å². The fourth-order valence-corrected chi connectivity index (χ4v) is 1.35. The highest BCUT2D eigenvalue weighted by molar-refractivity contribution is 4.95. The van der Waals surface area contributed by atoms with Crippen LogP contribution in [0.15, 0.2) is 12.2 Å². The van der Waals surface area contributed by atoms with Crippen LogP contribution in [-0.4, -0.2) is 13.1 Å². The molecule has 2 atom stereocenters. The van der Waals surface area contributed by atoms with Crippen LogP contribution in [0, 0.1) is 5.92 Å². The Kier molecular flexibility index (Phi) is 2.29. The fourth-order valence-electron chi connectivity index (χ4n) is 1.35. The molecule has 1 N–H and O–H groups in total. The van der Waals surface area contributed by atoms with Gasteiger partial charge in [0.15, 0.2) is 0 Å². The maximum absolute atomic E-state index is 3.30. The predicted octanol–water partition coefficient (Wildman–Crippen LogP) is 1.56. The van der Waals surface area contributed by atoms with Gasteiger partial charge >= 0.3 is 0 Å². The summed E-state index contributed by atoms with van der Waals surface area (Å²) in [7, 11) is 2.04. The summed E-state index contributed by atoms with van der Waals surface area (Å²) in [4.78, 5) is 0. The maximum Gasteiger partial charge on any atom is 0.0127 e. The molecular weight excluding hydrogens is 110 g/mol. The van der Waals surface area contributed by atoms with Crippen LogP contribution in [-0.2, 0) is 0 Å². The second-order valence-electron chi connectivity index (χ2n) is 2.82. The van der Waals surface area contributed by atoms with Crippen molar-refractivity contribution in [2.75, 3.05) is 7.05 Å². The average molecular weight is 125 g/mol. The Bertz CT molecular complexity index is 107. The van der Waals surface area contributed by atoms with Gasteiger partial charge in [-0.2, -0.15) is 0 Å². The zero-order chi connectivity index (χ0) is 6.69. The molecule has 0 saturated carbocycles. The molecule has 1 rings (SSSR count). The van der Waals surface area contributed by atoms with Crippen molar-refractivity contribution in [1.82, 2.24) is 5.32 Å². The normalized spacial score (nSPS) is 34.9. The Morgan fingerprint density at radius 2 is 2.00 bits per heavy atom. The molecular formula is C8H15N. The van der Waals surface area contributed by atoms with Gasteiger partial charge in [0.25, 0.3) is 0 Å². The Morgan fingerprint density at radius 3 is 2.44 bits per heavy atom. The molecule has 0 aromatic carbocycles. The smallest absolute Gasteiger partial charge is 0.0127 e. The van der Waals surface area contributed by atoms with Crippen LogP contribution in [0.3, 0.4) is 0 Å². The number of hydrogen-bond acceptors (Lipinski definition) is 1. The van der Waals surface area contributed by atoms with E-state index in [1.165, 1.54) is 12.8 Å². The summed E-state index contributed by atoms with van der Waals surface area (Å²) in [5.41, 5.74) is 0. The summed E-state index contributed by atoms with van der Waals surface area (Å²) in [6.07, 6.45) is 6.99. The molecule has 1 heteroatoms. The quantitative estimate of drug-likeness (QED) is 0.524. The van der Waals surface area contributed by atoms with Gasteiger partial charge in [-0.25, -0.2) is 0 Å². The van der Waals surface area contributed by atoms with Gasteiger partial charge < -0.3 is 5.32 Å². The van der Waals surface area contributed by atoms with E-state index in [-0.39, 0.29) is 0 Å². The number of nitrogens with one attached hydrogen (secondary N) is 1. The third-order valence-electron chi connectivity index (χ3n) is 2.12. The van der Waals surface area contributed by atoms with Crippen molar-refractivity contribution in [2.24, 2.45) is 5.92 Å². The largest absolute Gasteiger partial charge is 0.316 e. The highest BCUT2D eigenvalue weighted by Crippen LogP contribution is 2.17. The van der Waals surface area contributed by atoms with Crippen molar-refractivity contribution >= 4 is 0 Å². The summed E-state index contributed by atoms with van der Waals surface area (Å²) in [6, 6.07) is 0.718. The summed E-state index contributed by atoms with van der Waals surface area (Å²) in [5.74, 6) is 0.819. The highest BCUT2D eigenvalue weighted by atomic mass is 14.9. The molecule has 0 unspecified atom stereocenters. The van der Waals surface area contributed by atoms with E-state index in [1.807, 2.05) is 7.05 Å². The van der Waals surface area contributed by atoms with E-state index in [9.17, 15) is 0 Å². The van der Waals surface area contributed by atoms with Crippen LogP contribution in [0.2, 0.25) is 0 Å². The molecule has 1 aliphatic carbocycles. The Balaban J connectivity index is 2.43. The van der Waals surface area contributed by atoms with E-state index < -0.39 is 0 Å². The van der Waals surface area contributed by atoms with Gasteiger partial charge in [-0.05, 0) is 25.8 Å². The molecule has 0 aliphatic heterocycles. The van der Waals surface area contributed by atoms with E-state index in [1.54, 1.807) is 0 Å². The van der Waals surface area contributed by atoms with Gasteiger partial charge in [0.05, 0.1) is 0 Å². The number of hydrogen-bond donors (Lipinski definition) is 1. The summed E-state index contributed by atoms with van der Waals surface area (Å²) < 4.78 is 0. The van der Waals surface area contributed by atoms with Gasteiger partial charge in [0.1, 0.15) is 0 Å². The second kappa shape index (κ2) is 3.02. The van der Waals surface area contributed by atoms with Crippen molar-refractivity contribution < 1.29 is 0 Å². The van der Waals surface area contributed by atoms with E-state index in [0.29, 0.717) is 0 Å². The van der Waals surface area contributed by atoms with Crippen LogP contribution in [0.25, 0.3) is 0 Å². The lowest BCUT2D eigenvalue weighted by atomic mass is 9.91. The Labute approximate surface area is 57.1 Å². The molecule has 0 radical (unpaired) electrons. The highest BCUT2D eigenvalue weighted by Gasteiger charge is 2.14. The summed E-state index contributed by atoms with van der Waals surface area (Å²) >= 11 is 0. The lowest BCUT2D eigenvalue weighted by molar-refractivity contribution is 0.391. The molecule has 0 saturated heterocycles. The molecule has 0 aromatic rings. The van der Waals surface area contributed by atoms with E-state index >= 15 is 0 Å². The molecule has 0 aromatic heterocycles. The predicted molar refractivity (Wildman–Crippen MR) is 40.4 cm³/mol. The second-order valence-corrected chi connectivity index (χ2v) is 2.82. The molecule has 0 bridgehead atoms. The van der Waals surface area contributed by atoms with Gasteiger partial charge in [-0.1, -0.05) is 19.1 Å². The van der Waals surface area contributed by atoms with Crippen LogP contribution < -0.4 is 5.32 Å². The average Bonchev–Trinajstić information content (AvgIpc) is 1.89. The first-order valence-corrected chi connectivity index (χ1v) is 3.67. The van der Waals surface area contributed by atoms with Gasteiger partial charge in [-0.3, -0.25) is 0 Å². The molecule has 1 nitrogen and oxygen atoms in total. The lowest BCUT2D eigenvalue weighted by Crippen LogP contribution is -2.32. The topological polar surface area (TPSA) is 12.0 Å². The van der Waals surface area contributed by atoms with Gasteiger partial charge in [0.2, 0.25) is 0 Å². The molecule has 0 spiro atoms. The molecule has 1 aliphatic rings. The summed E-state index contributed by atoms with van der Waals surface area (Å²) in [5, 5.41) is 3.30. The third-order valence-corrected chi connectivity index (χ3v) is 2.12.